The van der Waals surface area contributed by atoms with E-state index in [2.05, 4.69) is 10.3 Å². The molecule has 12 heteroatoms. The highest BCUT2D eigenvalue weighted by molar-refractivity contribution is 7.91. The van der Waals surface area contributed by atoms with Gasteiger partial charge in [-0.1, -0.05) is 25.1 Å². The highest BCUT2D eigenvalue weighted by atomic mass is 32.2. The van der Waals surface area contributed by atoms with Crippen LogP contribution in [0.2, 0.25) is 0 Å². The zero-order valence-electron chi connectivity index (χ0n) is 20.2. The van der Waals surface area contributed by atoms with Crippen molar-refractivity contribution in [2.24, 2.45) is 0 Å². The molecule has 1 aliphatic heterocycles. The van der Waals surface area contributed by atoms with Crippen LogP contribution < -0.4 is 10.2 Å². The standard InChI is InChI=1S/C26H24F3N3O5S/c1-2-38(35,36)22-10-3-17(4-11-22)14-24(33)31-19-6-8-20(9-7-19)32-16-21(37-25(32)34)13-18-5-12-23(30-15-18)26(27,28)29/h3-12,15,21H,2,13-14,16H2,1H3,(H,31,33). The Kier molecular flexibility index (Phi) is 7.72. The molecular weight excluding hydrogens is 523 g/mol. The zero-order chi connectivity index (χ0) is 27.5. The van der Waals surface area contributed by atoms with Gasteiger partial charge in [0.1, 0.15) is 11.8 Å². The normalized spacial score (nSPS) is 15.8. The Morgan fingerprint density at radius 3 is 2.29 bits per heavy atom. The molecule has 0 aliphatic carbocycles. The number of hydrogen-bond acceptors (Lipinski definition) is 6. The van der Waals surface area contributed by atoms with Gasteiger partial charge in [0.2, 0.25) is 5.91 Å². The zero-order valence-corrected chi connectivity index (χ0v) is 21.1. The van der Waals surface area contributed by atoms with Gasteiger partial charge in [0.05, 0.1) is 23.6 Å². The van der Waals surface area contributed by atoms with Crippen LogP contribution in [-0.4, -0.2) is 43.8 Å². The number of anilines is 2. The fraction of sp³-hybridized carbons (Fsp3) is 0.269. The number of sulfone groups is 1. The predicted molar refractivity (Wildman–Crippen MR) is 134 cm³/mol. The first kappa shape index (κ1) is 27.1. The third kappa shape index (κ3) is 6.49. The molecule has 1 saturated heterocycles. The summed E-state index contributed by atoms with van der Waals surface area (Å²) in [4.78, 5) is 29.8. The summed E-state index contributed by atoms with van der Waals surface area (Å²) in [6.07, 6.45) is -4.27. The van der Waals surface area contributed by atoms with E-state index in [-0.39, 0.29) is 35.9 Å². The molecule has 38 heavy (non-hydrogen) atoms. The number of halogens is 3. The molecule has 2 aromatic carbocycles. The van der Waals surface area contributed by atoms with Crippen molar-refractivity contribution in [1.29, 1.82) is 0 Å². The van der Waals surface area contributed by atoms with E-state index in [1.54, 1.807) is 43.3 Å². The second-order valence-electron chi connectivity index (χ2n) is 8.69. The quantitative estimate of drug-likeness (QED) is 0.441. The third-order valence-corrected chi connectivity index (χ3v) is 7.69. The maximum Gasteiger partial charge on any atom is 0.433 e. The molecule has 200 valence electrons. The molecule has 0 saturated carbocycles. The topological polar surface area (TPSA) is 106 Å². The number of hydrogen-bond donors (Lipinski definition) is 1. The molecule has 4 rings (SSSR count). The summed E-state index contributed by atoms with van der Waals surface area (Å²) in [5, 5.41) is 2.75. The average Bonchev–Trinajstić information content (AvgIpc) is 3.24. The molecule has 1 N–H and O–H groups in total. The molecule has 1 atom stereocenters. The third-order valence-electron chi connectivity index (χ3n) is 5.94. The van der Waals surface area contributed by atoms with Crippen LogP contribution in [-0.2, 0) is 38.4 Å². The Balaban J connectivity index is 1.32. The van der Waals surface area contributed by atoms with Crippen LogP contribution in [0.25, 0.3) is 0 Å². The Hall–Kier alpha value is -3.93. The second-order valence-corrected chi connectivity index (χ2v) is 11.0. The van der Waals surface area contributed by atoms with Crippen LogP contribution in [0.1, 0.15) is 23.7 Å². The predicted octanol–water partition coefficient (Wildman–Crippen LogP) is 4.64. The lowest BCUT2D eigenvalue weighted by molar-refractivity contribution is -0.141. The molecule has 0 bridgehead atoms. The number of rotatable bonds is 8. The number of carbonyl (C=O) groups excluding carboxylic acids is 2. The van der Waals surface area contributed by atoms with Crippen molar-refractivity contribution in [1.82, 2.24) is 4.98 Å². The maximum atomic E-state index is 12.7. The minimum atomic E-state index is -4.52. The summed E-state index contributed by atoms with van der Waals surface area (Å²) in [5.41, 5.74) is 1.22. The van der Waals surface area contributed by atoms with Crippen LogP contribution in [0.15, 0.2) is 71.8 Å². The van der Waals surface area contributed by atoms with Crippen LogP contribution in [0, 0.1) is 0 Å². The molecule has 2 amide bonds. The number of aromatic nitrogens is 1. The van der Waals surface area contributed by atoms with Gasteiger partial charge in [-0.3, -0.25) is 14.7 Å². The van der Waals surface area contributed by atoms with E-state index in [0.29, 0.717) is 22.5 Å². The molecule has 2 heterocycles. The van der Waals surface area contributed by atoms with Gasteiger partial charge in [0.15, 0.2) is 9.84 Å². The van der Waals surface area contributed by atoms with Crippen LogP contribution in [0.4, 0.5) is 29.3 Å². The highest BCUT2D eigenvalue weighted by Gasteiger charge is 2.34. The molecule has 0 spiro atoms. The number of cyclic esters (lactones) is 1. The van der Waals surface area contributed by atoms with Crippen molar-refractivity contribution in [3.05, 3.63) is 83.7 Å². The van der Waals surface area contributed by atoms with Gasteiger partial charge in [-0.15, -0.1) is 0 Å². The average molecular weight is 548 g/mol. The largest absolute Gasteiger partial charge is 0.444 e. The van der Waals surface area contributed by atoms with Crippen molar-refractivity contribution < 1.29 is 35.9 Å². The minimum Gasteiger partial charge on any atom is -0.444 e. The smallest absolute Gasteiger partial charge is 0.433 e. The van der Waals surface area contributed by atoms with Crippen molar-refractivity contribution in [2.75, 3.05) is 22.5 Å². The summed E-state index contributed by atoms with van der Waals surface area (Å²) in [6, 6.07) is 14.9. The minimum absolute atomic E-state index is 0.00470. The number of alkyl halides is 3. The Morgan fingerprint density at radius 1 is 1.05 bits per heavy atom. The number of pyridine rings is 1. The van der Waals surface area contributed by atoms with E-state index in [4.69, 9.17) is 4.74 Å². The Morgan fingerprint density at radius 2 is 1.71 bits per heavy atom. The fourth-order valence-corrected chi connectivity index (χ4v) is 4.80. The molecule has 0 radical (unpaired) electrons. The summed E-state index contributed by atoms with van der Waals surface area (Å²) in [5.74, 6) is -0.301. The SMILES string of the molecule is CCS(=O)(=O)c1ccc(CC(=O)Nc2ccc(N3CC(Cc4ccc(C(F)(F)F)nc4)OC3=O)cc2)cc1. The Labute approximate surface area is 217 Å². The van der Waals surface area contributed by atoms with E-state index in [0.717, 1.165) is 12.3 Å². The molecule has 1 aliphatic rings. The number of nitrogens with one attached hydrogen (secondary N) is 1. The van der Waals surface area contributed by atoms with Gasteiger partial charge in [0.25, 0.3) is 0 Å². The lowest BCUT2D eigenvalue weighted by Crippen LogP contribution is -2.25. The summed E-state index contributed by atoms with van der Waals surface area (Å²) in [7, 11) is -3.31. The van der Waals surface area contributed by atoms with Crippen molar-refractivity contribution in [3.63, 3.8) is 0 Å². The summed E-state index contributed by atoms with van der Waals surface area (Å²) >= 11 is 0. The van der Waals surface area contributed by atoms with Gasteiger partial charge in [-0.05, 0) is 53.6 Å². The van der Waals surface area contributed by atoms with E-state index in [1.165, 1.54) is 23.1 Å². The van der Waals surface area contributed by atoms with Crippen LogP contribution in [0.5, 0.6) is 0 Å². The van der Waals surface area contributed by atoms with Crippen molar-refractivity contribution in [3.8, 4) is 0 Å². The van der Waals surface area contributed by atoms with E-state index >= 15 is 0 Å². The summed E-state index contributed by atoms with van der Waals surface area (Å²) < 4.78 is 67.3. The van der Waals surface area contributed by atoms with Gasteiger partial charge in [-0.2, -0.15) is 13.2 Å². The van der Waals surface area contributed by atoms with Gasteiger partial charge in [0, 0.05) is 24.0 Å². The molecule has 3 aromatic rings. The van der Waals surface area contributed by atoms with Gasteiger partial charge < -0.3 is 10.1 Å². The monoisotopic (exact) mass is 547 g/mol. The van der Waals surface area contributed by atoms with Crippen LogP contribution in [0.3, 0.4) is 0 Å². The first-order valence-corrected chi connectivity index (χ1v) is 13.3. The maximum absolute atomic E-state index is 12.7. The lowest BCUT2D eigenvalue weighted by Gasteiger charge is -2.14. The number of benzene rings is 2. The highest BCUT2D eigenvalue weighted by Crippen LogP contribution is 2.28. The van der Waals surface area contributed by atoms with E-state index in [9.17, 15) is 31.2 Å². The Bertz CT molecular complexity index is 1410. The fourth-order valence-electron chi connectivity index (χ4n) is 3.91. The molecule has 1 unspecified atom stereocenters. The van der Waals surface area contributed by atoms with E-state index < -0.39 is 33.9 Å². The van der Waals surface area contributed by atoms with Crippen molar-refractivity contribution in [2.45, 2.75) is 36.9 Å². The number of nitrogens with zero attached hydrogens (tertiary/aromatic N) is 2. The number of carbonyl (C=O) groups is 2. The van der Waals surface area contributed by atoms with Crippen LogP contribution >= 0.6 is 0 Å². The first-order chi connectivity index (χ1) is 17.9. The lowest BCUT2D eigenvalue weighted by atomic mass is 10.1. The molecule has 1 fully saturated rings. The number of amides is 2. The van der Waals surface area contributed by atoms with Crippen molar-refractivity contribution >= 4 is 33.2 Å². The molecule has 1 aromatic heterocycles. The first-order valence-electron chi connectivity index (χ1n) is 11.7. The van der Waals surface area contributed by atoms with Gasteiger partial charge in [-0.25, -0.2) is 13.2 Å². The number of ether oxygens (including phenoxy) is 1. The summed E-state index contributed by atoms with van der Waals surface area (Å²) in [6.45, 7) is 1.77. The van der Waals surface area contributed by atoms with E-state index in [1.807, 2.05) is 0 Å². The molecule has 8 nitrogen and oxygen atoms in total. The second kappa shape index (κ2) is 10.8. The van der Waals surface area contributed by atoms with Gasteiger partial charge >= 0.3 is 12.3 Å². The molecular formula is C26H24F3N3O5S.